The van der Waals surface area contributed by atoms with E-state index >= 15 is 0 Å². The van der Waals surface area contributed by atoms with Crippen LogP contribution in [-0.2, 0) is 0 Å². The van der Waals surface area contributed by atoms with E-state index in [0.29, 0.717) is 5.92 Å². The van der Waals surface area contributed by atoms with Crippen LogP contribution in [0.1, 0.15) is 52.5 Å². The van der Waals surface area contributed by atoms with Crippen LogP contribution in [0.2, 0.25) is 0 Å². The molecule has 0 heterocycles. The Hall–Kier alpha value is -1.02. The summed E-state index contributed by atoms with van der Waals surface area (Å²) in [5, 5.41) is 3.38. The molecule has 0 aliphatic carbocycles. The molecule has 1 aromatic rings. The summed E-state index contributed by atoms with van der Waals surface area (Å²) in [5.41, 5.74) is 1.55. The van der Waals surface area contributed by atoms with Gasteiger partial charge in [-0.2, -0.15) is 0 Å². The summed E-state index contributed by atoms with van der Waals surface area (Å²) in [4.78, 5) is 0. The lowest BCUT2D eigenvalue weighted by Crippen LogP contribution is -2.34. The van der Waals surface area contributed by atoms with Crippen molar-refractivity contribution in [1.82, 2.24) is 5.32 Å². The third-order valence-electron chi connectivity index (χ3n) is 3.54. The average Bonchev–Trinajstić information content (AvgIpc) is 2.43. The minimum atomic E-state index is 0.158. The van der Waals surface area contributed by atoms with Crippen molar-refractivity contribution in [3.63, 3.8) is 0 Å². The summed E-state index contributed by atoms with van der Waals surface area (Å²) < 4.78 is 5.90. The quantitative estimate of drug-likeness (QED) is 0.758. The predicted octanol–water partition coefficient (Wildman–Crippen LogP) is 4.21. The number of benzene rings is 1. The highest BCUT2D eigenvalue weighted by molar-refractivity contribution is 5.29. The van der Waals surface area contributed by atoms with Crippen LogP contribution in [0, 0.1) is 5.41 Å². The molecule has 19 heavy (non-hydrogen) atoms. The van der Waals surface area contributed by atoms with E-state index in [1.807, 2.05) is 0 Å². The van der Waals surface area contributed by atoms with Crippen molar-refractivity contribution >= 4 is 0 Å². The van der Waals surface area contributed by atoms with E-state index in [4.69, 9.17) is 4.74 Å². The number of nitrogens with one attached hydrogen (secondary N) is 1. The molecule has 1 atom stereocenters. The van der Waals surface area contributed by atoms with Crippen molar-refractivity contribution in [3.8, 4) is 5.75 Å². The van der Waals surface area contributed by atoms with Crippen molar-refractivity contribution in [2.75, 3.05) is 19.7 Å². The minimum absolute atomic E-state index is 0.158. The highest BCUT2D eigenvalue weighted by Crippen LogP contribution is 2.23. The summed E-state index contributed by atoms with van der Waals surface area (Å²) in [7, 11) is 0. The molecule has 1 rings (SSSR count). The third-order valence-corrected chi connectivity index (χ3v) is 3.54. The first-order valence-electron chi connectivity index (χ1n) is 7.42. The van der Waals surface area contributed by atoms with Gasteiger partial charge in [-0.05, 0) is 36.6 Å². The average molecular weight is 263 g/mol. The molecule has 0 saturated heterocycles. The highest BCUT2D eigenvalue weighted by Gasteiger charge is 2.18. The van der Waals surface area contributed by atoms with Gasteiger partial charge in [0.05, 0.1) is 6.61 Å². The van der Waals surface area contributed by atoms with E-state index in [9.17, 15) is 0 Å². The molecular weight excluding hydrogens is 234 g/mol. The van der Waals surface area contributed by atoms with Crippen molar-refractivity contribution in [1.29, 1.82) is 0 Å². The molecule has 0 aromatic heterocycles. The second kappa shape index (κ2) is 7.54. The molecule has 0 amide bonds. The summed E-state index contributed by atoms with van der Waals surface area (Å²) in [6.45, 7) is 13.8. The summed E-state index contributed by atoms with van der Waals surface area (Å²) in [6.07, 6.45) is 1.18. The van der Waals surface area contributed by atoms with Gasteiger partial charge in [0.25, 0.3) is 0 Å². The van der Waals surface area contributed by atoms with E-state index in [-0.39, 0.29) is 5.41 Å². The molecule has 2 nitrogen and oxygen atoms in total. The molecule has 1 aromatic carbocycles. The standard InChI is InChI=1S/C17H29NO/c1-6-14(3)15-8-10-16(11-9-15)19-13-17(4,5)12-18-7-2/h8-11,14,18H,6-7,12-13H2,1-5H3. The predicted molar refractivity (Wildman–Crippen MR) is 83.0 cm³/mol. The monoisotopic (exact) mass is 263 g/mol. The van der Waals surface area contributed by atoms with Crippen molar-refractivity contribution in [2.45, 2.75) is 47.0 Å². The third kappa shape index (κ3) is 5.65. The summed E-state index contributed by atoms with van der Waals surface area (Å²) in [5.74, 6) is 1.59. The SMILES string of the molecule is CCNCC(C)(C)COc1ccc(C(C)CC)cc1. The fraction of sp³-hybridized carbons (Fsp3) is 0.647. The van der Waals surface area contributed by atoms with Gasteiger partial charge in [-0.3, -0.25) is 0 Å². The Kier molecular flexibility index (Phi) is 6.36. The van der Waals surface area contributed by atoms with Crippen LogP contribution in [0.5, 0.6) is 5.75 Å². The fourth-order valence-corrected chi connectivity index (χ4v) is 1.92. The Morgan fingerprint density at radius 3 is 2.32 bits per heavy atom. The molecule has 0 spiro atoms. The van der Waals surface area contributed by atoms with Gasteiger partial charge in [-0.15, -0.1) is 0 Å². The van der Waals surface area contributed by atoms with Crippen LogP contribution in [0.3, 0.4) is 0 Å². The number of hydrogen-bond donors (Lipinski definition) is 1. The minimum Gasteiger partial charge on any atom is -0.493 e. The summed E-state index contributed by atoms with van der Waals surface area (Å²) in [6, 6.07) is 8.54. The molecule has 0 fully saturated rings. The topological polar surface area (TPSA) is 21.3 Å². The van der Waals surface area contributed by atoms with Gasteiger partial charge in [0.1, 0.15) is 5.75 Å². The Labute approximate surface area is 118 Å². The van der Waals surface area contributed by atoms with Gasteiger partial charge >= 0.3 is 0 Å². The normalized spacial score (nSPS) is 13.3. The van der Waals surface area contributed by atoms with Crippen molar-refractivity contribution in [3.05, 3.63) is 29.8 Å². The molecule has 0 saturated carbocycles. The molecule has 108 valence electrons. The second-order valence-electron chi connectivity index (χ2n) is 6.11. The highest BCUT2D eigenvalue weighted by atomic mass is 16.5. The van der Waals surface area contributed by atoms with Crippen LogP contribution in [0.25, 0.3) is 0 Å². The number of rotatable bonds is 8. The first kappa shape index (κ1) is 16.0. The van der Waals surface area contributed by atoms with Crippen molar-refractivity contribution in [2.24, 2.45) is 5.41 Å². The fourth-order valence-electron chi connectivity index (χ4n) is 1.92. The Morgan fingerprint density at radius 1 is 1.16 bits per heavy atom. The maximum Gasteiger partial charge on any atom is 0.119 e. The first-order chi connectivity index (χ1) is 8.98. The van der Waals surface area contributed by atoms with E-state index in [1.54, 1.807) is 0 Å². The Balaban J connectivity index is 2.49. The molecule has 0 bridgehead atoms. The van der Waals surface area contributed by atoms with Gasteiger partial charge in [-0.1, -0.05) is 46.8 Å². The lowest BCUT2D eigenvalue weighted by molar-refractivity contribution is 0.177. The lowest BCUT2D eigenvalue weighted by atomic mass is 9.95. The lowest BCUT2D eigenvalue weighted by Gasteiger charge is -2.25. The molecule has 0 radical (unpaired) electrons. The van der Waals surface area contributed by atoms with Gasteiger partial charge < -0.3 is 10.1 Å². The van der Waals surface area contributed by atoms with E-state index < -0.39 is 0 Å². The molecule has 1 N–H and O–H groups in total. The maximum absolute atomic E-state index is 5.90. The zero-order valence-corrected chi connectivity index (χ0v) is 13.1. The molecule has 1 unspecified atom stereocenters. The molecule has 2 heteroatoms. The first-order valence-corrected chi connectivity index (χ1v) is 7.42. The van der Waals surface area contributed by atoms with Crippen LogP contribution in [-0.4, -0.2) is 19.7 Å². The van der Waals surface area contributed by atoms with E-state index in [1.165, 1.54) is 12.0 Å². The van der Waals surface area contributed by atoms with E-state index in [2.05, 4.69) is 64.2 Å². The zero-order chi connectivity index (χ0) is 14.3. The van der Waals surface area contributed by atoms with Crippen LogP contribution < -0.4 is 10.1 Å². The molecule has 0 aliphatic heterocycles. The second-order valence-corrected chi connectivity index (χ2v) is 6.11. The number of hydrogen-bond acceptors (Lipinski definition) is 2. The van der Waals surface area contributed by atoms with Crippen LogP contribution in [0.4, 0.5) is 0 Å². The zero-order valence-electron chi connectivity index (χ0n) is 13.1. The molecular formula is C17H29NO. The van der Waals surface area contributed by atoms with Gasteiger partial charge in [0.15, 0.2) is 0 Å². The van der Waals surface area contributed by atoms with Gasteiger partial charge in [0, 0.05) is 12.0 Å². The molecule has 0 aliphatic rings. The number of ether oxygens (including phenoxy) is 1. The largest absolute Gasteiger partial charge is 0.493 e. The Bertz CT molecular complexity index is 356. The van der Waals surface area contributed by atoms with Crippen LogP contribution >= 0.6 is 0 Å². The van der Waals surface area contributed by atoms with E-state index in [0.717, 1.165) is 25.4 Å². The van der Waals surface area contributed by atoms with Crippen LogP contribution in [0.15, 0.2) is 24.3 Å². The Morgan fingerprint density at radius 2 is 1.79 bits per heavy atom. The van der Waals surface area contributed by atoms with Crippen molar-refractivity contribution < 1.29 is 4.74 Å². The smallest absolute Gasteiger partial charge is 0.119 e. The van der Waals surface area contributed by atoms with Gasteiger partial charge in [0.2, 0.25) is 0 Å². The summed E-state index contributed by atoms with van der Waals surface area (Å²) >= 11 is 0. The van der Waals surface area contributed by atoms with Gasteiger partial charge in [-0.25, -0.2) is 0 Å². The maximum atomic E-state index is 5.90.